The molecule has 0 atom stereocenters. The molecule has 2 rings (SSSR count). The Morgan fingerprint density at radius 1 is 1.52 bits per heavy atom. The first kappa shape index (κ1) is 16.9. The third kappa shape index (κ3) is 3.89. The number of ether oxygens (including phenoxy) is 1. The minimum Gasteiger partial charge on any atom is -0.495 e. The first-order valence-electron chi connectivity index (χ1n) is 5.95. The highest BCUT2D eigenvalue weighted by Crippen LogP contribution is 2.30. The van der Waals surface area contributed by atoms with Crippen LogP contribution in [-0.2, 0) is 0 Å². The second-order valence-electron chi connectivity index (χ2n) is 3.68. The molecule has 0 aliphatic heterocycles. The van der Waals surface area contributed by atoms with Gasteiger partial charge < -0.3 is 21.3 Å². The van der Waals surface area contributed by atoms with Gasteiger partial charge in [-0.2, -0.15) is 0 Å². The van der Waals surface area contributed by atoms with E-state index in [9.17, 15) is 0 Å². The Morgan fingerprint density at radius 2 is 2.24 bits per heavy atom. The van der Waals surface area contributed by atoms with Crippen LogP contribution in [0.1, 0.15) is 0 Å². The van der Waals surface area contributed by atoms with E-state index in [-0.39, 0.29) is 0 Å². The summed E-state index contributed by atoms with van der Waals surface area (Å²) in [5.74, 6) is 1.47. The summed E-state index contributed by atoms with van der Waals surface area (Å²) in [4.78, 5) is 9.53. The molecule has 2 aromatic heterocycles. The van der Waals surface area contributed by atoms with Gasteiger partial charge in [-0.3, -0.25) is 4.40 Å². The zero-order chi connectivity index (χ0) is 15.8. The van der Waals surface area contributed by atoms with E-state index in [2.05, 4.69) is 9.98 Å². The predicted molar refractivity (Wildman–Crippen MR) is 86.3 cm³/mol. The number of hydrogen-bond acceptors (Lipinski definition) is 7. The summed E-state index contributed by atoms with van der Waals surface area (Å²) in [5.41, 5.74) is 12.0. The summed E-state index contributed by atoms with van der Waals surface area (Å²) in [6.07, 6.45) is 8.37. The van der Waals surface area contributed by atoms with Crippen LogP contribution in [-0.4, -0.2) is 41.2 Å². The van der Waals surface area contributed by atoms with Gasteiger partial charge in [-0.1, -0.05) is 0 Å². The topological polar surface area (TPSA) is 111 Å². The summed E-state index contributed by atoms with van der Waals surface area (Å²) < 4.78 is 7.18. The molecule has 8 heteroatoms. The number of aliphatic hydroxyl groups is 1. The number of hydrogen-bond donors (Lipinski definition) is 3. The normalized spacial score (nSPS) is 11.5. The van der Waals surface area contributed by atoms with Crippen molar-refractivity contribution in [1.29, 1.82) is 0 Å². The minimum absolute atomic E-state index is 0.397. The van der Waals surface area contributed by atoms with Crippen LogP contribution < -0.4 is 16.2 Å². The molecule has 0 unspecified atom stereocenters. The molecule has 114 valence electrons. The van der Waals surface area contributed by atoms with Crippen LogP contribution in [0, 0.1) is 0 Å². The highest BCUT2D eigenvalue weighted by molar-refractivity contribution is 7.98. The lowest BCUT2D eigenvalue weighted by Gasteiger charge is -2.07. The molecule has 0 bridgehead atoms. The number of imidazole rings is 1. The van der Waals surface area contributed by atoms with E-state index in [0.29, 0.717) is 11.5 Å². The van der Waals surface area contributed by atoms with Crippen LogP contribution in [0.15, 0.2) is 40.2 Å². The van der Waals surface area contributed by atoms with Crippen molar-refractivity contribution in [2.45, 2.75) is 4.90 Å². The summed E-state index contributed by atoms with van der Waals surface area (Å²) in [5, 5.41) is 7.00. The fraction of sp³-hybridized carbons (Fsp3) is 0.231. The number of nitrogens with two attached hydrogens (primary N) is 2. The Balaban J connectivity index is 0.00000106. The third-order valence-electron chi connectivity index (χ3n) is 2.53. The van der Waals surface area contributed by atoms with Crippen molar-refractivity contribution in [2.75, 3.05) is 20.5 Å². The molecule has 0 aromatic carbocycles. The second-order valence-corrected chi connectivity index (χ2v) is 4.53. The van der Waals surface area contributed by atoms with Crippen molar-refractivity contribution in [3.63, 3.8) is 0 Å². The number of aliphatic hydroxyl groups excluding tert-OH is 1. The van der Waals surface area contributed by atoms with Crippen molar-refractivity contribution < 1.29 is 9.84 Å². The molecule has 0 saturated heterocycles. The lowest BCUT2D eigenvalue weighted by atomic mass is 10.4. The SMILES string of the molecule is CO.COc1cc2ncc(/N=C/C(N)=C\N)n2cc1SC. The van der Waals surface area contributed by atoms with E-state index in [1.807, 2.05) is 22.9 Å². The van der Waals surface area contributed by atoms with Gasteiger partial charge >= 0.3 is 0 Å². The molecule has 7 nitrogen and oxygen atoms in total. The Bertz CT molecular complexity index is 651. The molecule has 2 aromatic rings. The first-order valence-corrected chi connectivity index (χ1v) is 7.17. The van der Waals surface area contributed by atoms with Gasteiger partial charge in [0, 0.05) is 25.6 Å². The Hall–Kier alpha value is -2.19. The Labute approximate surface area is 127 Å². The minimum atomic E-state index is 0.397. The molecule has 0 spiro atoms. The number of rotatable bonds is 4. The van der Waals surface area contributed by atoms with Gasteiger partial charge in [0.05, 0.1) is 30.1 Å². The van der Waals surface area contributed by atoms with Gasteiger partial charge in [-0.15, -0.1) is 11.8 Å². The van der Waals surface area contributed by atoms with Crippen LogP contribution in [0.25, 0.3) is 5.65 Å². The molecule has 0 amide bonds. The number of fused-ring (bicyclic) bond motifs is 1. The number of thioether (sulfide) groups is 1. The predicted octanol–water partition coefficient (Wildman–Crippen LogP) is 1.13. The summed E-state index contributed by atoms with van der Waals surface area (Å²) in [7, 11) is 2.64. The molecule has 0 aliphatic rings. The maximum Gasteiger partial charge on any atom is 0.156 e. The molecule has 2 heterocycles. The van der Waals surface area contributed by atoms with Crippen molar-refractivity contribution in [2.24, 2.45) is 16.5 Å². The van der Waals surface area contributed by atoms with Crippen LogP contribution >= 0.6 is 11.8 Å². The maximum atomic E-state index is 7.00. The van der Waals surface area contributed by atoms with Crippen molar-refractivity contribution in [3.05, 3.63) is 30.4 Å². The van der Waals surface area contributed by atoms with Gasteiger partial charge in [0.1, 0.15) is 11.4 Å². The van der Waals surface area contributed by atoms with E-state index in [1.54, 1.807) is 25.1 Å². The van der Waals surface area contributed by atoms with Gasteiger partial charge in [0.25, 0.3) is 0 Å². The van der Waals surface area contributed by atoms with Crippen LogP contribution in [0.4, 0.5) is 5.82 Å². The van der Waals surface area contributed by atoms with E-state index in [1.165, 1.54) is 12.4 Å². The fourth-order valence-electron chi connectivity index (χ4n) is 1.57. The number of allylic oxidation sites excluding steroid dienone is 1. The average molecular weight is 309 g/mol. The molecule has 0 aliphatic carbocycles. The fourth-order valence-corrected chi connectivity index (χ4v) is 2.12. The number of pyridine rings is 1. The van der Waals surface area contributed by atoms with Crippen molar-refractivity contribution >= 4 is 29.4 Å². The Morgan fingerprint density at radius 3 is 2.81 bits per heavy atom. The highest BCUT2D eigenvalue weighted by atomic mass is 32.2. The monoisotopic (exact) mass is 309 g/mol. The highest BCUT2D eigenvalue weighted by Gasteiger charge is 2.08. The standard InChI is InChI=1S/C12H15N5OS.CH4O/c1-18-9-3-11-16-6-12(15-5-8(14)4-13)17(11)7-10(9)19-2;1-2/h3-7H,13-14H2,1-2H3;2H,1H3/b8-4+,15-5+;. The molecular formula is C13H19N5O2S. The zero-order valence-corrected chi connectivity index (χ0v) is 13.0. The number of methoxy groups -OCH3 is 1. The zero-order valence-electron chi connectivity index (χ0n) is 12.1. The van der Waals surface area contributed by atoms with Crippen LogP contribution in [0.5, 0.6) is 5.75 Å². The van der Waals surface area contributed by atoms with Gasteiger partial charge in [0.2, 0.25) is 0 Å². The van der Waals surface area contributed by atoms with Crippen molar-refractivity contribution in [3.8, 4) is 5.75 Å². The average Bonchev–Trinajstić information content (AvgIpc) is 2.94. The molecule has 0 radical (unpaired) electrons. The van der Waals surface area contributed by atoms with Gasteiger partial charge in [-0.05, 0) is 6.26 Å². The van der Waals surface area contributed by atoms with Crippen molar-refractivity contribution in [1.82, 2.24) is 9.38 Å². The van der Waals surface area contributed by atoms with E-state index in [4.69, 9.17) is 21.3 Å². The molecule has 0 fully saturated rings. The number of nitrogens with zero attached hydrogens (tertiary/aromatic N) is 3. The lowest BCUT2D eigenvalue weighted by Crippen LogP contribution is -2.01. The smallest absolute Gasteiger partial charge is 0.156 e. The molecular weight excluding hydrogens is 290 g/mol. The van der Waals surface area contributed by atoms with E-state index in [0.717, 1.165) is 23.4 Å². The second kappa shape index (κ2) is 8.18. The lowest BCUT2D eigenvalue weighted by molar-refractivity contribution is 0.399. The molecule has 5 N–H and O–H groups in total. The van der Waals surface area contributed by atoms with E-state index >= 15 is 0 Å². The maximum absolute atomic E-state index is 7.00. The number of aliphatic imine (C=N–C) groups is 1. The molecule has 21 heavy (non-hydrogen) atoms. The third-order valence-corrected chi connectivity index (χ3v) is 3.28. The quantitative estimate of drug-likeness (QED) is 0.577. The summed E-state index contributed by atoms with van der Waals surface area (Å²) in [6.45, 7) is 0. The van der Waals surface area contributed by atoms with Gasteiger partial charge in [-0.25, -0.2) is 9.98 Å². The van der Waals surface area contributed by atoms with Crippen LogP contribution in [0.2, 0.25) is 0 Å². The summed E-state index contributed by atoms with van der Waals surface area (Å²) in [6, 6.07) is 1.87. The first-order chi connectivity index (χ1) is 10.2. The number of aromatic nitrogens is 2. The van der Waals surface area contributed by atoms with Crippen LogP contribution in [0.3, 0.4) is 0 Å². The largest absolute Gasteiger partial charge is 0.495 e. The van der Waals surface area contributed by atoms with Gasteiger partial charge in [0.15, 0.2) is 5.82 Å². The Kier molecular flexibility index (Phi) is 6.57. The molecule has 0 saturated carbocycles. The van der Waals surface area contributed by atoms with E-state index < -0.39 is 0 Å². The summed E-state index contributed by atoms with van der Waals surface area (Å²) >= 11 is 1.59.